The molecule has 0 spiro atoms. The monoisotopic (exact) mass is 240 g/mol. The first-order valence-corrected chi connectivity index (χ1v) is 5.95. The van der Waals surface area contributed by atoms with Crippen LogP contribution in [0.2, 0.25) is 0 Å². The van der Waals surface area contributed by atoms with E-state index in [1.54, 1.807) is 13.8 Å². The van der Waals surface area contributed by atoms with Gasteiger partial charge in [-0.1, -0.05) is 10.8 Å². The first-order valence-electron chi connectivity index (χ1n) is 3.80. The molecule has 0 amide bonds. The smallest absolute Gasteiger partial charge is 0.377 e. The SMILES string of the molecule is COC(=O)SSC(C)(C)C([NH3+])C(=O)O. The van der Waals surface area contributed by atoms with Crippen LogP contribution in [0.15, 0.2) is 0 Å². The summed E-state index contributed by atoms with van der Waals surface area (Å²) in [5, 5.41) is 8.29. The number of carbonyl (C=O) groups excluding carboxylic acids is 1. The number of carboxylic acids is 1. The zero-order valence-electron chi connectivity index (χ0n) is 8.27. The van der Waals surface area contributed by atoms with Crippen molar-refractivity contribution in [1.82, 2.24) is 0 Å². The molecule has 0 heterocycles. The first kappa shape index (κ1) is 13.6. The second kappa shape index (κ2) is 5.47. The van der Waals surface area contributed by atoms with Gasteiger partial charge in [-0.2, -0.15) is 0 Å². The number of carboxylic acid groups (broad SMARTS) is 1. The van der Waals surface area contributed by atoms with E-state index in [1.165, 1.54) is 7.11 Å². The number of hydrogen-bond donors (Lipinski definition) is 2. The largest absolute Gasteiger partial charge is 0.477 e. The molecule has 0 aromatic heterocycles. The minimum Gasteiger partial charge on any atom is -0.477 e. The molecule has 0 aromatic carbocycles. The van der Waals surface area contributed by atoms with Crippen LogP contribution in [0.4, 0.5) is 4.79 Å². The highest BCUT2D eigenvalue weighted by Crippen LogP contribution is 2.37. The second-order valence-electron chi connectivity index (χ2n) is 3.12. The first-order chi connectivity index (χ1) is 6.31. The van der Waals surface area contributed by atoms with Gasteiger partial charge < -0.3 is 15.6 Å². The molecule has 0 saturated heterocycles. The second-order valence-corrected chi connectivity index (χ2v) is 5.83. The van der Waals surface area contributed by atoms with Gasteiger partial charge in [-0.05, 0) is 13.8 Å². The van der Waals surface area contributed by atoms with Crippen molar-refractivity contribution in [2.45, 2.75) is 24.6 Å². The molecular weight excluding hydrogens is 226 g/mol. The highest BCUT2D eigenvalue weighted by Gasteiger charge is 2.37. The van der Waals surface area contributed by atoms with Crippen LogP contribution < -0.4 is 5.73 Å². The van der Waals surface area contributed by atoms with E-state index in [0.29, 0.717) is 0 Å². The summed E-state index contributed by atoms with van der Waals surface area (Å²) >= 11 is 0. The molecule has 7 heteroatoms. The molecule has 1 atom stereocenters. The topological polar surface area (TPSA) is 91.2 Å². The Morgan fingerprint density at radius 3 is 2.36 bits per heavy atom. The normalized spacial score (nSPS) is 13.4. The summed E-state index contributed by atoms with van der Waals surface area (Å²) in [6.07, 6.45) is 0. The van der Waals surface area contributed by atoms with Gasteiger partial charge in [0.2, 0.25) is 0 Å². The van der Waals surface area contributed by atoms with Gasteiger partial charge in [-0.15, -0.1) is 0 Å². The average Bonchev–Trinajstić information content (AvgIpc) is 2.12. The Labute approximate surface area is 90.1 Å². The number of ether oxygens (including phenoxy) is 1. The predicted octanol–water partition coefficient (Wildman–Crippen LogP) is 0.608. The van der Waals surface area contributed by atoms with Crippen LogP contribution in [0.5, 0.6) is 0 Å². The van der Waals surface area contributed by atoms with Crippen molar-refractivity contribution in [2.75, 3.05) is 7.11 Å². The van der Waals surface area contributed by atoms with Gasteiger partial charge in [0.05, 0.1) is 11.9 Å². The molecule has 0 bridgehead atoms. The van der Waals surface area contributed by atoms with Crippen LogP contribution in [-0.2, 0) is 9.53 Å². The van der Waals surface area contributed by atoms with Crippen LogP contribution in [-0.4, -0.2) is 34.3 Å². The maximum absolute atomic E-state index is 10.8. The van der Waals surface area contributed by atoms with Crippen LogP contribution in [0.1, 0.15) is 13.8 Å². The van der Waals surface area contributed by atoms with E-state index in [-0.39, 0.29) is 0 Å². The van der Waals surface area contributed by atoms with Gasteiger partial charge in [0, 0.05) is 10.8 Å². The third-order valence-corrected chi connectivity index (χ3v) is 4.68. The molecule has 0 radical (unpaired) electrons. The molecule has 0 aromatic rings. The van der Waals surface area contributed by atoms with E-state index < -0.39 is 22.1 Å². The average molecular weight is 240 g/mol. The highest BCUT2D eigenvalue weighted by atomic mass is 33.1. The highest BCUT2D eigenvalue weighted by molar-refractivity contribution is 8.82. The molecule has 82 valence electrons. The molecular formula is C7H14NO4S2+. The summed E-state index contributed by atoms with van der Waals surface area (Å²) < 4.78 is 3.80. The van der Waals surface area contributed by atoms with Gasteiger partial charge in [-0.3, -0.25) is 0 Å². The number of hydrogen-bond acceptors (Lipinski definition) is 5. The standard InChI is InChI=1S/C7H13NO4S2/c1-7(2,4(8)5(9)10)14-13-6(11)12-3/h4H,8H2,1-3H3,(H,9,10)/p+1. The summed E-state index contributed by atoms with van der Waals surface area (Å²) in [4.78, 5) is 21.5. The maximum Gasteiger partial charge on any atom is 0.377 e. The van der Waals surface area contributed by atoms with Crippen molar-refractivity contribution in [3.63, 3.8) is 0 Å². The summed E-state index contributed by atoms with van der Waals surface area (Å²) in [6.45, 7) is 3.44. The lowest BCUT2D eigenvalue weighted by Crippen LogP contribution is -2.72. The van der Waals surface area contributed by atoms with Crippen LogP contribution in [0.25, 0.3) is 0 Å². The Kier molecular flexibility index (Phi) is 5.32. The lowest BCUT2D eigenvalue weighted by molar-refractivity contribution is -0.413. The Hall–Kier alpha value is -0.400. The number of methoxy groups -OCH3 is 1. The summed E-state index contributed by atoms with van der Waals surface area (Å²) in [7, 11) is 3.31. The molecule has 1 unspecified atom stereocenters. The van der Waals surface area contributed by atoms with E-state index in [1.807, 2.05) is 0 Å². The Bertz CT molecular complexity index is 232. The zero-order chi connectivity index (χ0) is 11.4. The zero-order valence-corrected chi connectivity index (χ0v) is 9.91. The quantitative estimate of drug-likeness (QED) is 0.552. The Morgan fingerprint density at radius 2 is 2.00 bits per heavy atom. The van der Waals surface area contributed by atoms with E-state index in [9.17, 15) is 9.59 Å². The van der Waals surface area contributed by atoms with Crippen molar-refractivity contribution in [2.24, 2.45) is 0 Å². The lowest BCUT2D eigenvalue weighted by atomic mass is 10.1. The van der Waals surface area contributed by atoms with E-state index in [0.717, 1.165) is 21.6 Å². The summed E-state index contributed by atoms with van der Waals surface area (Å²) in [5.41, 5.74) is 3.53. The van der Waals surface area contributed by atoms with E-state index in [2.05, 4.69) is 10.5 Å². The van der Waals surface area contributed by atoms with Crippen molar-refractivity contribution < 1.29 is 25.2 Å². The lowest BCUT2D eigenvalue weighted by Gasteiger charge is -2.23. The minimum atomic E-state index is -0.979. The van der Waals surface area contributed by atoms with Crippen molar-refractivity contribution >= 4 is 32.9 Å². The summed E-state index contributed by atoms with van der Waals surface area (Å²) in [6, 6.07) is -0.773. The van der Waals surface area contributed by atoms with Gasteiger partial charge in [0.25, 0.3) is 0 Å². The van der Waals surface area contributed by atoms with Gasteiger partial charge in [-0.25, -0.2) is 9.59 Å². The van der Waals surface area contributed by atoms with Crippen molar-refractivity contribution in [3.05, 3.63) is 0 Å². The van der Waals surface area contributed by atoms with E-state index in [4.69, 9.17) is 5.11 Å². The fourth-order valence-corrected chi connectivity index (χ4v) is 2.50. The van der Waals surface area contributed by atoms with Gasteiger partial charge >= 0.3 is 11.3 Å². The number of carbonyl (C=O) groups is 2. The van der Waals surface area contributed by atoms with E-state index >= 15 is 0 Å². The van der Waals surface area contributed by atoms with Crippen LogP contribution in [0.3, 0.4) is 0 Å². The van der Waals surface area contributed by atoms with Crippen molar-refractivity contribution in [3.8, 4) is 0 Å². The van der Waals surface area contributed by atoms with Gasteiger partial charge in [0.15, 0.2) is 6.04 Å². The van der Waals surface area contributed by atoms with Gasteiger partial charge in [0.1, 0.15) is 0 Å². The Balaban J connectivity index is 4.19. The third-order valence-electron chi connectivity index (χ3n) is 1.63. The van der Waals surface area contributed by atoms with Crippen LogP contribution in [0, 0.1) is 0 Å². The molecule has 4 N–H and O–H groups in total. The molecule has 0 fully saturated rings. The molecule has 0 aliphatic carbocycles. The number of rotatable bonds is 4. The molecule has 0 aliphatic heterocycles. The number of aliphatic carboxylic acids is 1. The predicted molar refractivity (Wildman–Crippen MR) is 56.0 cm³/mol. The summed E-state index contributed by atoms with van der Waals surface area (Å²) in [5.74, 6) is -0.979. The molecule has 14 heavy (non-hydrogen) atoms. The third kappa shape index (κ3) is 4.21. The molecule has 0 aliphatic rings. The Morgan fingerprint density at radius 1 is 1.50 bits per heavy atom. The molecule has 5 nitrogen and oxygen atoms in total. The fraction of sp³-hybridized carbons (Fsp3) is 0.714. The molecule has 0 saturated carbocycles. The minimum absolute atomic E-state index is 0.444. The van der Waals surface area contributed by atoms with Crippen molar-refractivity contribution in [1.29, 1.82) is 0 Å². The molecule has 0 rings (SSSR count). The van der Waals surface area contributed by atoms with Crippen LogP contribution >= 0.6 is 21.6 Å². The number of quaternary nitrogens is 1. The fourth-order valence-electron chi connectivity index (χ4n) is 0.531. The maximum atomic E-state index is 10.8.